The molecule has 2 aromatic carbocycles. The van der Waals surface area contributed by atoms with Crippen molar-refractivity contribution in [1.82, 2.24) is 0 Å². The van der Waals surface area contributed by atoms with Gasteiger partial charge < -0.3 is 10.1 Å². The summed E-state index contributed by atoms with van der Waals surface area (Å²) >= 11 is 5.98. The van der Waals surface area contributed by atoms with Crippen LogP contribution in [0.15, 0.2) is 42.5 Å². The van der Waals surface area contributed by atoms with Crippen molar-refractivity contribution < 1.29 is 4.74 Å². The van der Waals surface area contributed by atoms with Crippen molar-refractivity contribution in [2.45, 2.75) is 25.9 Å². The SMILES string of the molecule is Cc1cc(Cl)ccc1OC1CCc2ccccc2NC1. The molecule has 1 aliphatic rings. The van der Waals surface area contributed by atoms with Crippen molar-refractivity contribution in [2.75, 3.05) is 11.9 Å². The van der Waals surface area contributed by atoms with Crippen molar-refractivity contribution in [3.8, 4) is 5.75 Å². The standard InChI is InChI=1S/C17H18ClNO/c1-12-10-14(18)7-9-17(12)20-15-8-6-13-4-2-3-5-16(13)19-11-15/h2-5,7,9-10,15,19H,6,8,11H2,1H3. The molecule has 1 unspecified atom stereocenters. The minimum absolute atomic E-state index is 0.183. The van der Waals surface area contributed by atoms with Crippen LogP contribution in [0, 0.1) is 6.92 Å². The minimum Gasteiger partial charge on any atom is -0.488 e. The summed E-state index contributed by atoms with van der Waals surface area (Å²) in [7, 11) is 0. The van der Waals surface area contributed by atoms with E-state index in [2.05, 4.69) is 29.6 Å². The van der Waals surface area contributed by atoms with E-state index in [1.54, 1.807) is 0 Å². The van der Waals surface area contributed by atoms with Crippen LogP contribution in [0.5, 0.6) is 5.75 Å². The molecular weight excluding hydrogens is 270 g/mol. The van der Waals surface area contributed by atoms with Gasteiger partial charge in [0.15, 0.2) is 0 Å². The summed E-state index contributed by atoms with van der Waals surface area (Å²) in [4.78, 5) is 0. The average molecular weight is 288 g/mol. The van der Waals surface area contributed by atoms with Crippen LogP contribution in [0.25, 0.3) is 0 Å². The molecule has 0 saturated carbocycles. The molecule has 0 aliphatic carbocycles. The highest BCUT2D eigenvalue weighted by Gasteiger charge is 2.17. The van der Waals surface area contributed by atoms with E-state index >= 15 is 0 Å². The predicted molar refractivity (Wildman–Crippen MR) is 83.9 cm³/mol. The monoisotopic (exact) mass is 287 g/mol. The third-order valence-electron chi connectivity index (χ3n) is 3.70. The summed E-state index contributed by atoms with van der Waals surface area (Å²) < 4.78 is 6.13. The maximum absolute atomic E-state index is 6.13. The third-order valence-corrected chi connectivity index (χ3v) is 3.94. The van der Waals surface area contributed by atoms with E-state index in [4.69, 9.17) is 16.3 Å². The molecule has 0 amide bonds. The maximum atomic E-state index is 6.13. The van der Waals surface area contributed by atoms with Crippen LogP contribution in [-0.2, 0) is 6.42 Å². The molecule has 20 heavy (non-hydrogen) atoms. The quantitative estimate of drug-likeness (QED) is 0.881. The molecule has 0 bridgehead atoms. The van der Waals surface area contributed by atoms with Gasteiger partial charge in [-0.3, -0.25) is 0 Å². The summed E-state index contributed by atoms with van der Waals surface area (Å²) in [5.41, 5.74) is 3.68. The molecule has 104 valence electrons. The van der Waals surface area contributed by atoms with Gasteiger partial charge in [0, 0.05) is 10.7 Å². The Labute approximate surface area is 124 Å². The number of halogens is 1. The Kier molecular flexibility index (Phi) is 3.83. The van der Waals surface area contributed by atoms with Crippen LogP contribution in [0.3, 0.4) is 0 Å². The van der Waals surface area contributed by atoms with Crippen molar-refractivity contribution in [3.63, 3.8) is 0 Å². The Bertz CT molecular complexity index is 585. The Morgan fingerprint density at radius 2 is 2.05 bits per heavy atom. The van der Waals surface area contributed by atoms with Gasteiger partial charge in [-0.05, 0) is 55.2 Å². The fraction of sp³-hybridized carbons (Fsp3) is 0.294. The van der Waals surface area contributed by atoms with Crippen LogP contribution in [0.2, 0.25) is 5.02 Å². The molecular formula is C17H18ClNO. The zero-order chi connectivity index (χ0) is 13.9. The molecule has 0 saturated heterocycles. The van der Waals surface area contributed by atoms with Crippen LogP contribution in [0.1, 0.15) is 17.5 Å². The van der Waals surface area contributed by atoms with Crippen molar-refractivity contribution in [3.05, 3.63) is 58.6 Å². The Balaban J connectivity index is 1.71. The van der Waals surface area contributed by atoms with E-state index in [1.807, 2.05) is 25.1 Å². The second-order valence-electron chi connectivity index (χ2n) is 5.23. The fourth-order valence-electron chi connectivity index (χ4n) is 2.58. The van der Waals surface area contributed by atoms with Gasteiger partial charge >= 0.3 is 0 Å². The lowest BCUT2D eigenvalue weighted by molar-refractivity contribution is 0.205. The van der Waals surface area contributed by atoms with Crippen LogP contribution in [-0.4, -0.2) is 12.6 Å². The van der Waals surface area contributed by atoms with Crippen LogP contribution in [0.4, 0.5) is 5.69 Å². The normalized spacial score (nSPS) is 17.8. The van der Waals surface area contributed by atoms with Crippen molar-refractivity contribution >= 4 is 17.3 Å². The molecule has 0 spiro atoms. The molecule has 0 radical (unpaired) electrons. The Morgan fingerprint density at radius 3 is 2.90 bits per heavy atom. The number of hydrogen-bond acceptors (Lipinski definition) is 2. The average Bonchev–Trinajstić information content (AvgIpc) is 2.65. The Hall–Kier alpha value is -1.67. The first-order valence-electron chi connectivity index (χ1n) is 6.97. The fourth-order valence-corrected chi connectivity index (χ4v) is 2.80. The highest BCUT2D eigenvalue weighted by Crippen LogP contribution is 2.26. The largest absolute Gasteiger partial charge is 0.488 e. The van der Waals surface area contributed by atoms with Crippen LogP contribution < -0.4 is 10.1 Å². The van der Waals surface area contributed by atoms with E-state index in [-0.39, 0.29) is 6.10 Å². The minimum atomic E-state index is 0.183. The first kappa shape index (κ1) is 13.3. The number of hydrogen-bond donors (Lipinski definition) is 1. The highest BCUT2D eigenvalue weighted by molar-refractivity contribution is 6.30. The highest BCUT2D eigenvalue weighted by atomic mass is 35.5. The van der Waals surface area contributed by atoms with Gasteiger partial charge in [0.1, 0.15) is 11.9 Å². The van der Waals surface area contributed by atoms with E-state index in [0.29, 0.717) is 0 Å². The van der Waals surface area contributed by atoms with E-state index in [0.717, 1.165) is 35.7 Å². The van der Waals surface area contributed by atoms with Crippen molar-refractivity contribution in [2.24, 2.45) is 0 Å². The number of aryl methyl sites for hydroxylation is 2. The number of ether oxygens (including phenoxy) is 1. The topological polar surface area (TPSA) is 21.3 Å². The number of nitrogens with one attached hydrogen (secondary N) is 1. The second kappa shape index (κ2) is 5.76. The molecule has 3 rings (SSSR count). The van der Waals surface area contributed by atoms with Gasteiger partial charge in [0.05, 0.1) is 6.54 Å². The number of anilines is 1. The number of para-hydroxylation sites is 1. The lowest BCUT2D eigenvalue weighted by atomic mass is 10.1. The van der Waals surface area contributed by atoms with Crippen LogP contribution >= 0.6 is 11.6 Å². The number of fused-ring (bicyclic) bond motifs is 1. The summed E-state index contributed by atoms with van der Waals surface area (Å²) in [5.74, 6) is 0.923. The predicted octanol–water partition coefficient (Wildman–Crippen LogP) is 4.45. The van der Waals surface area contributed by atoms with E-state index < -0.39 is 0 Å². The van der Waals surface area contributed by atoms with E-state index in [9.17, 15) is 0 Å². The molecule has 2 nitrogen and oxygen atoms in total. The molecule has 0 aromatic heterocycles. The van der Waals surface area contributed by atoms with Gasteiger partial charge in [-0.15, -0.1) is 0 Å². The molecule has 1 aliphatic heterocycles. The molecule has 2 aromatic rings. The zero-order valence-corrected chi connectivity index (χ0v) is 12.3. The summed E-state index contributed by atoms with van der Waals surface area (Å²) in [5, 5.41) is 4.23. The maximum Gasteiger partial charge on any atom is 0.122 e. The van der Waals surface area contributed by atoms with Gasteiger partial charge in [-0.1, -0.05) is 29.8 Å². The van der Waals surface area contributed by atoms with E-state index in [1.165, 1.54) is 11.3 Å². The summed E-state index contributed by atoms with van der Waals surface area (Å²) in [6.45, 7) is 2.86. The van der Waals surface area contributed by atoms with Gasteiger partial charge in [-0.2, -0.15) is 0 Å². The lowest BCUT2D eigenvalue weighted by Gasteiger charge is -2.19. The molecule has 1 atom stereocenters. The summed E-state index contributed by atoms with van der Waals surface area (Å²) in [6, 6.07) is 14.2. The third kappa shape index (κ3) is 2.91. The molecule has 1 heterocycles. The molecule has 0 fully saturated rings. The smallest absolute Gasteiger partial charge is 0.122 e. The molecule has 3 heteroatoms. The second-order valence-corrected chi connectivity index (χ2v) is 5.66. The van der Waals surface area contributed by atoms with Gasteiger partial charge in [-0.25, -0.2) is 0 Å². The molecule has 1 N–H and O–H groups in total. The number of benzene rings is 2. The Morgan fingerprint density at radius 1 is 1.20 bits per heavy atom. The first-order valence-corrected chi connectivity index (χ1v) is 7.35. The van der Waals surface area contributed by atoms with Crippen molar-refractivity contribution in [1.29, 1.82) is 0 Å². The van der Waals surface area contributed by atoms with Gasteiger partial charge in [0.25, 0.3) is 0 Å². The zero-order valence-electron chi connectivity index (χ0n) is 11.5. The lowest BCUT2D eigenvalue weighted by Crippen LogP contribution is -2.25. The van der Waals surface area contributed by atoms with Gasteiger partial charge in [0.2, 0.25) is 0 Å². The first-order chi connectivity index (χ1) is 9.72. The summed E-state index contributed by atoms with van der Waals surface area (Å²) in [6.07, 6.45) is 2.24. The number of rotatable bonds is 2.